The first kappa shape index (κ1) is 21.8. The Kier molecular flexibility index (Phi) is 5.81. The van der Waals surface area contributed by atoms with Gasteiger partial charge in [0.15, 0.2) is 0 Å². The second-order valence-electron chi connectivity index (χ2n) is 8.40. The molecule has 1 aromatic heterocycles. The van der Waals surface area contributed by atoms with E-state index in [-0.39, 0.29) is 11.5 Å². The van der Waals surface area contributed by atoms with Gasteiger partial charge in [0.1, 0.15) is 18.2 Å². The number of aryl methyl sites for hydroxylation is 1. The molecule has 0 amide bonds. The third kappa shape index (κ3) is 4.53. The van der Waals surface area contributed by atoms with Crippen molar-refractivity contribution in [3.05, 3.63) is 106 Å². The van der Waals surface area contributed by atoms with E-state index in [0.717, 1.165) is 33.6 Å². The second kappa shape index (κ2) is 9.07. The van der Waals surface area contributed by atoms with Gasteiger partial charge in [0.25, 0.3) is 5.69 Å². The van der Waals surface area contributed by atoms with Crippen LogP contribution in [0.3, 0.4) is 0 Å². The number of nitro groups is 1. The third-order valence-corrected chi connectivity index (χ3v) is 5.91. The molecule has 0 saturated heterocycles. The lowest BCUT2D eigenvalue weighted by atomic mass is 10.1. The molecule has 0 spiro atoms. The standard InChI is InChI=1S/C26H23FN4O3/c1-18-2-4-19(5-3-18)26-21(17-30(28-26)23-8-6-22(27)7-9-23)16-29-12-13-34-25-11-10-24(31(32)33)14-20(25)15-29/h2-11,14,17H,12-13,15-16H2,1H3. The van der Waals surface area contributed by atoms with Crippen molar-refractivity contribution in [1.82, 2.24) is 14.7 Å². The smallest absolute Gasteiger partial charge is 0.270 e. The lowest BCUT2D eigenvalue weighted by Crippen LogP contribution is -2.25. The van der Waals surface area contributed by atoms with Crippen LogP contribution in [0, 0.1) is 22.9 Å². The zero-order chi connectivity index (χ0) is 23.7. The minimum atomic E-state index is -0.391. The van der Waals surface area contributed by atoms with Crippen LogP contribution in [0.5, 0.6) is 5.75 Å². The van der Waals surface area contributed by atoms with Gasteiger partial charge in [-0.1, -0.05) is 29.8 Å². The van der Waals surface area contributed by atoms with Crippen LogP contribution >= 0.6 is 0 Å². The molecule has 0 bridgehead atoms. The number of nitro benzene ring substituents is 1. The maximum atomic E-state index is 13.4. The highest BCUT2D eigenvalue weighted by molar-refractivity contribution is 5.63. The van der Waals surface area contributed by atoms with E-state index in [4.69, 9.17) is 9.84 Å². The average Bonchev–Trinajstić information content (AvgIpc) is 3.13. The van der Waals surface area contributed by atoms with Gasteiger partial charge >= 0.3 is 0 Å². The highest BCUT2D eigenvalue weighted by Crippen LogP contribution is 2.30. The summed E-state index contributed by atoms with van der Waals surface area (Å²) in [6, 6.07) is 19.1. The molecule has 2 heterocycles. The van der Waals surface area contributed by atoms with Crippen molar-refractivity contribution in [3.8, 4) is 22.7 Å². The number of fused-ring (bicyclic) bond motifs is 1. The van der Waals surface area contributed by atoms with Crippen LogP contribution in [-0.2, 0) is 13.1 Å². The summed E-state index contributed by atoms with van der Waals surface area (Å²) in [5, 5.41) is 16.1. The molecule has 0 unspecified atom stereocenters. The zero-order valence-corrected chi connectivity index (χ0v) is 18.6. The molecule has 0 saturated carbocycles. The van der Waals surface area contributed by atoms with Crippen molar-refractivity contribution in [2.75, 3.05) is 13.2 Å². The second-order valence-corrected chi connectivity index (χ2v) is 8.40. The maximum absolute atomic E-state index is 13.4. The van der Waals surface area contributed by atoms with Crippen molar-refractivity contribution >= 4 is 5.69 Å². The monoisotopic (exact) mass is 458 g/mol. The van der Waals surface area contributed by atoms with Gasteiger partial charge in [-0.3, -0.25) is 15.0 Å². The molecule has 4 aromatic rings. The Bertz CT molecular complexity index is 1330. The van der Waals surface area contributed by atoms with Gasteiger partial charge in [0.2, 0.25) is 0 Å². The number of aromatic nitrogens is 2. The number of rotatable bonds is 5. The van der Waals surface area contributed by atoms with E-state index in [9.17, 15) is 14.5 Å². The van der Waals surface area contributed by atoms with Crippen LogP contribution in [-0.4, -0.2) is 32.8 Å². The molecule has 8 heteroatoms. The Balaban J connectivity index is 1.49. The number of halogens is 1. The number of non-ortho nitro benzene ring substituents is 1. The van der Waals surface area contributed by atoms with Gasteiger partial charge in [-0.2, -0.15) is 5.10 Å². The summed E-state index contributed by atoms with van der Waals surface area (Å²) in [4.78, 5) is 13.0. The number of hydrogen-bond donors (Lipinski definition) is 0. The largest absolute Gasteiger partial charge is 0.492 e. The molecule has 1 aliphatic heterocycles. The van der Waals surface area contributed by atoms with Gasteiger partial charge in [-0.15, -0.1) is 0 Å². The molecule has 0 N–H and O–H groups in total. The summed E-state index contributed by atoms with van der Waals surface area (Å²) >= 11 is 0. The van der Waals surface area contributed by atoms with Gasteiger partial charge < -0.3 is 4.74 Å². The van der Waals surface area contributed by atoms with Crippen molar-refractivity contribution in [2.45, 2.75) is 20.0 Å². The molecule has 5 rings (SSSR count). The Morgan fingerprint density at radius 3 is 2.59 bits per heavy atom. The first-order valence-corrected chi connectivity index (χ1v) is 11.0. The van der Waals surface area contributed by atoms with E-state index in [1.54, 1.807) is 28.9 Å². The summed E-state index contributed by atoms with van der Waals surface area (Å²) in [6.07, 6.45) is 1.96. The Labute approximate surface area is 196 Å². The summed E-state index contributed by atoms with van der Waals surface area (Å²) in [5.41, 5.74) is 5.59. The third-order valence-electron chi connectivity index (χ3n) is 5.91. The van der Waals surface area contributed by atoms with Crippen LogP contribution in [0.25, 0.3) is 16.9 Å². The van der Waals surface area contributed by atoms with Crippen LogP contribution in [0.4, 0.5) is 10.1 Å². The van der Waals surface area contributed by atoms with Crippen LogP contribution in [0.15, 0.2) is 72.9 Å². The van der Waals surface area contributed by atoms with E-state index >= 15 is 0 Å². The van der Waals surface area contributed by atoms with E-state index in [1.165, 1.54) is 18.2 Å². The van der Waals surface area contributed by atoms with Crippen LogP contribution < -0.4 is 4.74 Å². The molecular formula is C26H23FN4O3. The number of hydrogen-bond acceptors (Lipinski definition) is 5. The van der Waals surface area contributed by atoms with E-state index < -0.39 is 4.92 Å². The van der Waals surface area contributed by atoms with Crippen molar-refractivity contribution in [1.29, 1.82) is 0 Å². The summed E-state index contributed by atoms with van der Waals surface area (Å²) in [7, 11) is 0. The Morgan fingerprint density at radius 1 is 1.09 bits per heavy atom. The minimum absolute atomic E-state index is 0.0497. The first-order chi connectivity index (χ1) is 16.5. The molecule has 7 nitrogen and oxygen atoms in total. The molecule has 34 heavy (non-hydrogen) atoms. The topological polar surface area (TPSA) is 73.4 Å². The molecule has 172 valence electrons. The van der Waals surface area contributed by atoms with E-state index in [2.05, 4.69) is 4.90 Å². The van der Waals surface area contributed by atoms with Gasteiger partial charge in [-0.05, 0) is 37.3 Å². The molecule has 0 atom stereocenters. The van der Waals surface area contributed by atoms with Crippen LogP contribution in [0.1, 0.15) is 16.7 Å². The Morgan fingerprint density at radius 2 is 1.85 bits per heavy atom. The predicted octanol–water partition coefficient (Wildman–Crippen LogP) is 5.29. The molecule has 0 radical (unpaired) electrons. The highest BCUT2D eigenvalue weighted by atomic mass is 19.1. The van der Waals surface area contributed by atoms with Crippen molar-refractivity contribution < 1.29 is 14.1 Å². The SMILES string of the molecule is Cc1ccc(-c2nn(-c3ccc(F)cc3)cc2CN2CCOc3ccc([N+](=O)[O-])cc3C2)cc1. The lowest BCUT2D eigenvalue weighted by Gasteiger charge is -2.19. The summed E-state index contributed by atoms with van der Waals surface area (Å²) in [5.74, 6) is 0.376. The van der Waals surface area contributed by atoms with Gasteiger partial charge in [0, 0.05) is 54.7 Å². The highest BCUT2D eigenvalue weighted by Gasteiger charge is 2.21. The van der Waals surface area contributed by atoms with Crippen molar-refractivity contribution in [3.63, 3.8) is 0 Å². The Hall–Kier alpha value is -4.04. The van der Waals surface area contributed by atoms with Crippen molar-refractivity contribution in [2.24, 2.45) is 0 Å². The number of ether oxygens (including phenoxy) is 1. The zero-order valence-electron chi connectivity index (χ0n) is 18.6. The molecular weight excluding hydrogens is 435 g/mol. The minimum Gasteiger partial charge on any atom is -0.492 e. The molecule has 0 fully saturated rings. The number of benzene rings is 3. The fourth-order valence-corrected chi connectivity index (χ4v) is 4.13. The molecule has 3 aromatic carbocycles. The summed E-state index contributed by atoms with van der Waals surface area (Å²) < 4.78 is 21.1. The van der Waals surface area contributed by atoms with E-state index in [0.29, 0.717) is 32.0 Å². The van der Waals surface area contributed by atoms with Crippen LogP contribution in [0.2, 0.25) is 0 Å². The summed E-state index contributed by atoms with van der Waals surface area (Å²) in [6.45, 7) is 4.28. The quantitative estimate of drug-likeness (QED) is 0.300. The molecule has 1 aliphatic rings. The van der Waals surface area contributed by atoms with Gasteiger partial charge in [0.05, 0.1) is 16.3 Å². The first-order valence-electron chi connectivity index (χ1n) is 11.0. The predicted molar refractivity (Wildman–Crippen MR) is 126 cm³/mol. The fraction of sp³-hybridized carbons (Fsp3) is 0.192. The lowest BCUT2D eigenvalue weighted by molar-refractivity contribution is -0.384. The number of nitrogens with zero attached hydrogens (tertiary/aromatic N) is 4. The van der Waals surface area contributed by atoms with Gasteiger partial charge in [-0.25, -0.2) is 9.07 Å². The molecule has 0 aliphatic carbocycles. The maximum Gasteiger partial charge on any atom is 0.270 e. The normalized spacial score (nSPS) is 13.7. The fourth-order valence-electron chi connectivity index (χ4n) is 4.13. The average molecular weight is 458 g/mol. The van der Waals surface area contributed by atoms with E-state index in [1.807, 2.05) is 37.4 Å².